The quantitative estimate of drug-likeness (QED) is 0.256. The van der Waals surface area contributed by atoms with E-state index in [1.165, 1.54) is 24.3 Å². The SMILES string of the molecule is CN(C=Nc1c(F)cc(NC2(c3c(F)ccc(Cl)c3Cl)CCNC2)cc1C=O)C1CC1. The Hall–Kier alpha value is -2.22. The van der Waals surface area contributed by atoms with E-state index < -0.39 is 17.2 Å². The Bertz CT molecular complexity index is 1040. The molecule has 1 aliphatic heterocycles. The standard InChI is InChI=1S/C22H22Cl2F2N4O/c1-30(15-2-3-15)12-28-21-13(10-31)8-14(9-18(21)26)29-22(6-7-27-11-22)19-17(25)5-4-16(23)20(19)24/h4-5,8-10,12,15,27,29H,2-3,6-7,11H2,1H3. The van der Waals surface area contributed by atoms with Gasteiger partial charge in [-0.25, -0.2) is 13.8 Å². The number of carbonyl (C=O) groups is 1. The molecule has 0 aromatic heterocycles. The number of aliphatic imine (C=N–C) groups is 1. The van der Waals surface area contributed by atoms with Crippen LogP contribution in [0.3, 0.4) is 0 Å². The first-order valence-electron chi connectivity index (χ1n) is 10.0. The van der Waals surface area contributed by atoms with Gasteiger partial charge in [0, 0.05) is 36.4 Å². The van der Waals surface area contributed by atoms with Gasteiger partial charge in [0.05, 0.1) is 21.9 Å². The van der Waals surface area contributed by atoms with Crippen molar-refractivity contribution in [2.75, 3.05) is 25.5 Å². The van der Waals surface area contributed by atoms with Crippen molar-refractivity contribution in [3.05, 3.63) is 57.1 Å². The smallest absolute Gasteiger partial charge is 0.152 e. The summed E-state index contributed by atoms with van der Waals surface area (Å²) < 4.78 is 29.7. The van der Waals surface area contributed by atoms with Gasteiger partial charge in [0.1, 0.15) is 11.5 Å². The number of nitrogens with zero attached hydrogens (tertiary/aromatic N) is 2. The first kappa shape index (κ1) is 22.0. The number of anilines is 1. The zero-order valence-corrected chi connectivity index (χ0v) is 18.4. The van der Waals surface area contributed by atoms with Crippen LogP contribution in [0.4, 0.5) is 20.2 Å². The molecule has 0 radical (unpaired) electrons. The van der Waals surface area contributed by atoms with Crippen LogP contribution in [0, 0.1) is 11.6 Å². The summed E-state index contributed by atoms with van der Waals surface area (Å²) in [5.74, 6) is -1.16. The predicted molar refractivity (Wildman–Crippen MR) is 120 cm³/mol. The van der Waals surface area contributed by atoms with Gasteiger partial charge >= 0.3 is 0 Å². The van der Waals surface area contributed by atoms with E-state index in [9.17, 15) is 13.6 Å². The molecule has 164 valence electrons. The van der Waals surface area contributed by atoms with Crippen molar-refractivity contribution in [3.63, 3.8) is 0 Å². The van der Waals surface area contributed by atoms with Crippen LogP contribution in [0.15, 0.2) is 29.3 Å². The summed E-state index contributed by atoms with van der Waals surface area (Å²) in [5.41, 5.74) is -0.336. The van der Waals surface area contributed by atoms with E-state index in [0.717, 1.165) is 12.8 Å². The second-order valence-corrected chi connectivity index (χ2v) is 8.79. The Balaban J connectivity index is 1.70. The van der Waals surface area contributed by atoms with Crippen molar-refractivity contribution in [3.8, 4) is 0 Å². The number of halogens is 4. The highest BCUT2D eigenvalue weighted by molar-refractivity contribution is 6.42. The van der Waals surface area contributed by atoms with Crippen LogP contribution in [0.5, 0.6) is 0 Å². The van der Waals surface area contributed by atoms with Crippen molar-refractivity contribution in [1.29, 1.82) is 0 Å². The van der Waals surface area contributed by atoms with Crippen LogP contribution in [0.2, 0.25) is 10.0 Å². The van der Waals surface area contributed by atoms with E-state index in [4.69, 9.17) is 23.2 Å². The number of rotatable bonds is 7. The van der Waals surface area contributed by atoms with Gasteiger partial charge in [-0.05, 0) is 50.1 Å². The molecule has 2 N–H and O–H groups in total. The van der Waals surface area contributed by atoms with Crippen molar-refractivity contribution < 1.29 is 13.6 Å². The van der Waals surface area contributed by atoms with Gasteiger partial charge in [-0.15, -0.1) is 0 Å². The fraction of sp³-hybridized carbons (Fsp3) is 0.364. The van der Waals surface area contributed by atoms with Crippen molar-refractivity contribution in [1.82, 2.24) is 10.2 Å². The summed E-state index contributed by atoms with van der Waals surface area (Å²) in [4.78, 5) is 17.8. The number of aldehydes is 1. The third kappa shape index (κ3) is 4.40. The lowest BCUT2D eigenvalue weighted by atomic mass is 9.87. The largest absolute Gasteiger partial charge is 0.374 e. The third-order valence-corrected chi connectivity index (χ3v) is 6.58. The van der Waals surface area contributed by atoms with E-state index in [2.05, 4.69) is 15.6 Å². The Morgan fingerprint density at radius 1 is 1.26 bits per heavy atom. The average Bonchev–Trinajstić information content (AvgIpc) is 3.50. The molecule has 1 unspecified atom stereocenters. The molecule has 31 heavy (non-hydrogen) atoms. The molecule has 0 spiro atoms. The molecule has 1 atom stereocenters. The predicted octanol–water partition coefficient (Wildman–Crippen LogP) is 5.14. The van der Waals surface area contributed by atoms with Crippen molar-refractivity contribution in [2.24, 2.45) is 4.99 Å². The summed E-state index contributed by atoms with van der Waals surface area (Å²) in [7, 11) is 1.87. The van der Waals surface area contributed by atoms with Gasteiger partial charge in [-0.2, -0.15) is 0 Å². The molecule has 4 rings (SSSR count). The number of benzene rings is 2. The highest BCUT2D eigenvalue weighted by Gasteiger charge is 2.40. The summed E-state index contributed by atoms with van der Waals surface area (Å²) in [6, 6.07) is 5.84. The molecule has 5 nitrogen and oxygen atoms in total. The minimum Gasteiger partial charge on any atom is -0.374 e. The lowest BCUT2D eigenvalue weighted by Gasteiger charge is -2.33. The maximum Gasteiger partial charge on any atom is 0.152 e. The Kier molecular flexibility index (Phi) is 6.19. The van der Waals surface area contributed by atoms with E-state index >= 15 is 0 Å². The number of carbonyl (C=O) groups excluding carboxylic acids is 1. The normalized spacial score (nSPS) is 20.9. The zero-order valence-electron chi connectivity index (χ0n) is 16.9. The summed E-state index contributed by atoms with van der Waals surface area (Å²) >= 11 is 12.5. The van der Waals surface area contributed by atoms with Gasteiger partial charge in [0.15, 0.2) is 12.1 Å². The Labute approximate surface area is 189 Å². The molecule has 2 aromatic carbocycles. The molecule has 1 saturated carbocycles. The molecular formula is C22H22Cl2F2N4O. The van der Waals surface area contributed by atoms with Gasteiger partial charge in [0.2, 0.25) is 0 Å². The van der Waals surface area contributed by atoms with E-state index in [0.29, 0.717) is 37.5 Å². The minimum atomic E-state index is -0.949. The minimum absolute atomic E-state index is 0.0291. The monoisotopic (exact) mass is 466 g/mol. The second kappa shape index (κ2) is 8.73. The van der Waals surface area contributed by atoms with Gasteiger partial charge in [-0.1, -0.05) is 23.2 Å². The molecule has 0 amide bonds. The summed E-state index contributed by atoms with van der Waals surface area (Å²) in [6.45, 7) is 0.961. The molecule has 1 heterocycles. The van der Waals surface area contributed by atoms with Crippen LogP contribution in [0.25, 0.3) is 0 Å². The Morgan fingerprint density at radius 2 is 2.03 bits per heavy atom. The molecule has 0 bridgehead atoms. The van der Waals surface area contributed by atoms with Crippen molar-refractivity contribution in [2.45, 2.75) is 30.8 Å². The summed E-state index contributed by atoms with van der Waals surface area (Å²) in [6.07, 6.45) is 4.75. The molecule has 9 heteroatoms. The van der Waals surface area contributed by atoms with Gasteiger partial charge in [0.25, 0.3) is 0 Å². The first-order valence-corrected chi connectivity index (χ1v) is 10.8. The van der Waals surface area contributed by atoms with Crippen LogP contribution in [-0.4, -0.2) is 43.7 Å². The molecule has 2 fully saturated rings. The number of hydrogen-bond donors (Lipinski definition) is 2. The molecule has 1 saturated heterocycles. The van der Waals surface area contributed by atoms with E-state index in [1.54, 1.807) is 6.34 Å². The highest BCUT2D eigenvalue weighted by atomic mass is 35.5. The Morgan fingerprint density at radius 3 is 2.68 bits per heavy atom. The average molecular weight is 467 g/mol. The zero-order chi connectivity index (χ0) is 22.2. The van der Waals surface area contributed by atoms with Crippen LogP contribution in [0.1, 0.15) is 35.2 Å². The second-order valence-electron chi connectivity index (χ2n) is 8.01. The van der Waals surface area contributed by atoms with Crippen molar-refractivity contribution >= 4 is 47.2 Å². The number of hydrogen-bond acceptors (Lipinski definition) is 4. The van der Waals surface area contributed by atoms with Crippen LogP contribution < -0.4 is 10.6 Å². The lowest BCUT2D eigenvalue weighted by Crippen LogP contribution is -2.39. The van der Waals surface area contributed by atoms with Crippen LogP contribution in [-0.2, 0) is 5.54 Å². The lowest BCUT2D eigenvalue weighted by molar-refractivity contribution is 0.112. The summed E-state index contributed by atoms with van der Waals surface area (Å²) in [5, 5.41) is 6.74. The molecule has 1 aliphatic carbocycles. The molecular weight excluding hydrogens is 445 g/mol. The number of nitrogens with one attached hydrogen (secondary N) is 2. The maximum absolute atomic E-state index is 14.9. The van der Waals surface area contributed by atoms with Crippen LogP contribution >= 0.6 is 23.2 Å². The van der Waals surface area contributed by atoms with Gasteiger partial charge < -0.3 is 15.5 Å². The fourth-order valence-corrected chi connectivity index (χ4v) is 4.45. The van der Waals surface area contributed by atoms with E-state index in [-0.39, 0.29) is 26.9 Å². The third-order valence-electron chi connectivity index (χ3n) is 5.77. The first-order chi connectivity index (χ1) is 14.8. The topological polar surface area (TPSA) is 56.7 Å². The molecule has 2 aliphatic rings. The molecule has 2 aromatic rings. The maximum atomic E-state index is 14.9. The van der Waals surface area contributed by atoms with E-state index in [1.807, 2.05) is 11.9 Å². The van der Waals surface area contributed by atoms with Gasteiger partial charge in [-0.3, -0.25) is 4.79 Å². The highest BCUT2D eigenvalue weighted by Crippen LogP contribution is 2.41. The fourth-order valence-electron chi connectivity index (χ4n) is 3.96.